The number of aromatic carboxylic acids is 1. The zero-order valence-corrected chi connectivity index (χ0v) is 9.55. The molecule has 0 radical (unpaired) electrons. The van der Waals surface area contributed by atoms with Gasteiger partial charge in [-0.1, -0.05) is 5.21 Å². The van der Waals surface area contributed by atoms with E-state index in [1.165, 1.54) is 6.20 Å². The van der Waals surface area contributed by atoms with Crippen LogP contribution in [0.15, 0.2) is 6.20 Å². The van der Waals surface area contributed by atoms with Crippen molar-refractivity contribution in [2.24, 2.45) is 0 Å². The Morgan fingerprint density at radius 2 is 2.12 bits per heavy atom. The predicted molar refractivity (Wildman–Crippen MR) is 57.4 cm³/mol. The number of likely N-dealkylation sites (tertiary alicyclic amines) is 1. The van der Waals surface area contributed by atoms with Crippen molar-refractivity contribution in [3.05, 3.63) is 11.9 Å². The summed E-state index contributed by atoms with van der Waals surface area (Å²) in [5, 5.41) is 16.4. The highest BCUT2D eigenvalue weighted by molar-refractivity contribution is 5.84. The molecule has 0 spiro atoms. The van der Waals surface area contributed by atoms with E-state index in [0.717, 1.165) is 25.9 Å². The van der Waals surface area contributed by atoms with Gasteiger partial charge in [-0.25, -0.2) is 9.48 Å². The van der Waals surface area contributed by atoms with Crippen LogP contribution < -0.4 is 0 Å². The third-order valence-electron chi connectivity index (χ3n) is 3.33. The Kier molecular flexibility index (Phi) is 2.67. The number of hydrogen-bond acceptors (Lipinski definition) is 4. The second-order valence-electron chi connectivity index (χ2n) is 4.65. The van der Waals surface area contributed by atoms with Gasteiger partial charge in [-0.2, -0.15) is 0 Å². The molecule has 1 aromatic heterocycles. The fourth-order valence-corrected chi connectivity index (χ4v) is 1.95. The normalized spacial score (nSPS) is 20.9. The molecule has 0 atom stereocenters. The van der Waals surface area contributed by atoms with Crippen molar-refractivity contribution in [2.75, 3.05) is 20.1 Å². The average Bonchev–Trinajstić information content (AvgIpc) is 2.72. The monoisotopic (exact) mass is 224 g/mol. The first-order valence-corrected chi connectivity index (χ1v) is 5.36. The molecule has 0 aromatic carbocycles. The standard InChI is InChI=1S/C10H16N4O2/c1-10(3-5-13(2)6-4-10)14-7-8(9(15)16)11-12-14/h7H,3-6H2,1-2H3,(H,15,16). The molecule has 1 saturated heterocycles. The molecular formula is C10H16N4O2. The van der Waals surface area contributed by atoms with Crippen LogP contribution in [0.4, 0.5) is 0 Å². The van der Waals surface area contributed by atoms with Crippen LogP contribution >= 0.6 is 0 Å². The molecule has 6 heteroatoms. The van der Waals surface area contributed by atoms with Crippen molar-refractivity contribution in [3.63, 3.8) is 0 Å². The molecule has 0 amide bonds. The predicted octanol–water partition coefficient (Wildman–Crippen LogP) is 0.417. The van der Waals surface area contributed by atoms with Crippen molar-refractivity contribution in [3.8, 4) is 0 Å². The highest BCUT2D eigenvalue weighted by Gasteiger charge is 2.32. The van der Waals surface area contributed by atoms with Crippen LogP contribution in [0, 0.1) is 0 Å². The van der Waals surface area contributed by atoms with E-state index in [0.29, 0.717) is 0 Å². The Bertz CT molecular complexity index is 393. The van der Waals surface area contributed by atoms with Crippen LogP contribution in [0.3, 0.4) is 0 Å². The average molecular weight is 224 g/mol. The van der Waals surface area contributed by atoms with Gasteiger partial charge in [-0.05, 0) is 26.8 Å². The largest absolute Gasteiger partial charge is 0.476 e. The fourth-order valence-electron chi connectivity index (χ4n) is 1.95. The number of piperidine rings is 1. The molecule has 0 aliphatic carbocycles. The Balaban J connectivity index is 2.19. The van der Waals surface area contributed by atoms with Crippen molar-refractivity contribution in [1.82, 2.24) is 19.9 Å². The number of aromatic nitrogens is 3. The quantitative estimate of drug-likeness (QED) is 0.788. The molecule has 88 valence electrons. The minimum Gasteiger partial charge on any atom is -0.476 e. The van der Waals surface area contributed by atoms with Crippen molar-refractivity contribution >= 4 is 5.97 Å². The van der Waals surface area contributed by atoms with E-state index in [-0.39, 0.29) is 11.2 Å². The molecule has 0 bridgehead atoms. The van der Waals surface area contributed by atoms with Crippen LogP contribution in [0.2, 0.25) is 0 Å². The number of rotatable bonds is 2. The van der Waals surface area contributed by atoms with Gasteiger partial charge in [0.05, 0.1) is 11.7 Å². The summed E-state index contributed by atoms with van der Waals surface area (Å²) in [7, 11) is 2.09. The zero-order valence-electron chi connectivity index (χ0n) is 9.55. The molecule has 0 unspecified atom stereocenters. The Hall–Kier alpha value is -1.43. The summed E-state index contributed by atoms with van der Waals surface area (Å²) in [4.78, 5) is 13.0. The Morgan fingerprint density at radius 1 is 1.50 bits per heavy atom. The molecule has 0 saturated carbocycles. The maximum Gasteiger partial charge on any atom is 0.358 e. The van der Waals surface area contributed by atoms with Gasteiger partial charge in [-0.3, -0.25) is 0 Å². The minimum atomic E-state index is -1.03. The van der Waals surface area contributed by atoms with Gasteiger partial charge >= 0.3 is 5.97 Å². The van der Waals surface area contributed by atoms with Crippen molar-refractivity contribution in [1.29, 1.82) is 0 Å². The maximum absolute atomic E-state index is 10.7. The number of nitrogens with zero attached hydrogens (tertiary/aromatic N) is 4. The third-order valence-corrected chi connectivity index (χ3v) is 3.33. The van der Waals surface area contributed by atoms with Crippen molar-refractivity contribution < 1.29 is 9.90 Å². The highest BCUT2D eigenvalue weighted by atomic mass is 16.4. The molecular weight excluding hydrogens is 208 g/mol. The lowest BCUT2D eigenvalue weighted by atomic mass is 9.90. The van der Waals surface area contributed by atoms with E-state index in [1.54, 1.807) is 4.68 Å². The maximum atomic E-state index is 10.7. The second-order valence-corrected chi connectivity index (χ2v) is 4.65. The van der Waals surface area contributed by atoms with E-state index in [2.05, 4.69) is 29.2 Å². The molecule has 2 heterocycles. The summed E-state index contributed by atoms with van der Waals surface area (Å²) >= 11 is 0. The van der Waals surface area contributed by atoms with Gasteiger partial charge in [-0.15, -0.1) is 5.10 Å². The van der Waals surface area contributed by atoms with Gasteiger partial charge in [0.1, 0.15) is 0 Å². The van der Waals surface area contributed by atoms with Gasteiger partial charge in [0.2, 0.25) is 0 Å². The lowest BCUT2D eigenvalue weighted by Crippen LogP contribution is -2.43. The van der Waals surface area contributed by atoms with Crippen LogP contribution in [0.25, 0.3) is 0 Å². The molecule has 1 fully saturated rings. The molecule has 2 rings (SSSR count). The Morgan fingerprint density at radius 3 is 2.62 bits per heavy atom. The van der Waals surface area contributed by atoms with E-state index >= 15 is 0 Å². The molecule has 1 aliphatic heterocycles. The summed E-state index contributed by atoms with van der Waals surface area (Å²) in [6, 6.07) is 0. The summed E-state index contributed by atoms with van der Waals surface area (Å²) in [6.45, 7) is 4.10. The van der Waals surface area contributed by atoms with Gasteiger partial charge in [0.15, 0.2) is 5.69 Å². The summed E-state index contributed by atoms with van der Waals surface area (Å²) in [6.07, 6.45) is 3.45. The number of hydrogen-bond donors (Lipinski definition) is 1. The first-order valence-electron chi connectivity index (χ1n) is 5.36. The van der Waals surface area contributed by atoms with Crippen LogP contribution in [-0.4, -0.2) is 51.1 Å². The smallest absolute Gasteiger partial charge is 0.358 e. The SMILES string of the molecule is CN1CCC(C)(n2cc(C(=O)O)nn2)CC1. The number of carbonyl (C=O) groups is 1. The first kappa shape index (κ1) is 11.1. The summed E-state index contributed by atoms with van der Waals surface area (Å²) < 4.78 is 1.70. The van der Waals surface area contributed by atoms with Crippen LogP contribution in [0.1, 0.15) is 30.3 Å². The molecule has 1 aromatic rings. The second kappa shape index (κ2) is 3.86. The topological polar surface area (TPSA) is 71.2 Å². The molecule has 1 aliphatic rings. The molecule has 1 N–H and O–H groups in total. The molecule has 16 heavy (non-hydrogen) atoms. The minimum absolute atomic E-state index is 0.0140. The van der Waals surface area contributed by atoms with Gasteiger partial charge < -0.3 is 10.0 Å². The Labute approximate surface area is 93.9 Å². The lowest BCUT2D eigenvalue weighted by molar-refractivity contribution is 0.0690. The summed E-state index contributed by atoms with van der Waals surface area (Å²) in [5.41, 5.74) is -0.0899. The van der Waals surface area contributed by atoms with E-state index in [1.807, 2.05) is 0 Å². The fraction of sp³-hybridized carbons (Fsp3) is 0.700. The van der Waals surface area contributed by atoms with E-state index in [4.69, 9.17) is 5.11 Å². The van der Waals surface area contributed by atoms with Crippen LogP contribution in [0.5, 0.6) is 0 Å². The number of carboxylic acids is 1. The first-order chi connectivity index (χ1) is 7.51. The lowest BCUT2D eigenvalue weighted by Gasteiger charge is -2.37. The van der Waals surface area contributed by atoms with Crippen LogP contribution in [-0.2, 0) is 5.54 Å². The van der Waals surface area contributed by atoms with E-state index < -0.39 is 5.97 Å². The highest BCUT2D eigenvalue weighted by Crippen LogP contribution is 2.28. The zero-order chi connectivity index (χ0) is 11.8. The third kappa shape index (κ3) is 1.92. The van der Waals surface area contributed by atoms with Gasteiger partial charge in [0.25, 0.3) is 0 Å². The van der Waals surface area contributed by atoms with Gasteiger partial charge in [0, 0.05) is 13.1 Å². The summed E-state index contributed by atoms with van der Waals surface area (Å²) in [5.74, 6) is -1.03. The molecule has 6 nitrogen and oxygen atoms in total. The van der Waals surface area contributed by atoms with E-state index in [9.17, 15) is 4.79 Å². The van der Waals surface area contributed by atoms with Crippen molar-refractivity contribution in [2.45, 2.75) is 25.3 Å². The number of carboxylic acid groups (broad SMARTS) is 1.